The maximum Gasteiger partial charge on any atom is 0.433 e. The lowest BCUT2D eigenvalue weighted by Gasteiger charge is -1.98. The number of hydrogen-bond donors (Lipinski definition) is 0. The molecular formula is C21H15N2O4+. The maximum atomic E-state index is 11.0. The number of rotatable bonds is 5. The van der Waals surface area contributed by atoms with Crippen LogP contribution in [-0.4, -0.2) is 4.92 Å². The van der Waals surface area contributed by atoms with Crippen LogP contribution < -0.4 is 4.57 Å². The zero-order valence-corrected chi connectivity index (χ0v) is 14.2. The van der Waals surface area contributed by atoms with E-state index in [1.807, 2.05) is 77.6 Å². The van der Waals surface area contributed by atoms with Gasteiger partial charge in [-0.3, -0.25) is 10.1 Å². The second-order valence-electron chi connectivity index (χ2n) is 5.78. The van der Waals surface area contributed by atoms with Gasteiger partial charge in [0.1, 0.15) is 16.4 Å². The number of benzene rings is 1. The highest BCUT2D eigenvalue weighted by molar-refractivity contribution is 5.73. The Hall–Kier alpha value is -3.93. The van der Waals surface area contributed by atoms with Gasteiger partial charge in [-0.1, -0.05) is 36.4 Å². The average Bonchev–Trinajstić information content (AvgIpc) is 3.37. The van der Waals surface area contributed by atoms with E-state index in [9.17, 15) is 10.1 Å². The number of nitrogens with zero attached hydrogens (tertiary/aromatic N) is 2. The van der Waals surface area contributed by atoms with E-state index in [0.29, 0.717) is 17.2 Å². The van der Waals surface area contributed by atoms with Crippen LogP contribution in [0, 0.1) is 10.1 Å². The molecule has 132 valence electrons. The SMILES string of the molecule is O=[N+]([O-])c1ccc(C(=Cc2ccc(-c3ccccc3)o2)[n+]2ccccc2)o1. The molecular weight excluding hydrogens is 344 g/mol. The number of aromatic nitrogens is 1. The topological polar surface area (TPSA) is 73.3 Å². The van der Waals surface area contributed by atoms with Gasteiger partial charge >= 0.3 is 5.88 Å². The molecule has 0 aliphatic rings. The Morgan fingerprint density at radius 2 is 1.63 bits per heavy atom. The maximum absolute atomic E-state index is 11.0. The third-order valence-corrected chi connectivity index (χ3v) is 3.98. The summed E-state index contributed by atoms with van der Waals surface area (Å²) in [5, 5.41) is 11.0. The molecule has 0 atom stereocenters. The van der Waals surface area contributed by atoms with Crippen LogP contribution in [0.1, 0.15) is 11.5 Å². The highest BCUT2D eigenvalue weighted by Gasteiger charge is 2.22. The fourth-order valence-corrected chi connectivity index (χ4v) is 2.72. The summed E-state index contributed by atoms with van der Waals surface area (Å²) >= 11 is 0. The van der Waals surface area contributed by atoms with Gasteiger partial charge in [0.15, 0.2) is 12.4 Å². The molecule has 4 rings (SSSR count). The second kappa shape index (κ2) is 7.13. The Morgan fingerprint density at radius 3 is 2.33 bits per heavy atom. The lowest BCUT2D eigenvalue weighted by atomic mass is 10.2. The van der Waals surface area contributed by atoms with Crippen LogP contribution in [0.5, 0.6) is 0 Å². The molecule has 0 aliphatic heterocycles. The minimum atomic E-state index is -0.558. The van der Waals surface area contributed by atoms with Crippen molar-refractivity contribution in [1.82, 2.24) is 0 Å². The van der Waals surface area contributed by atoms with Gasteiger partial charge in [0.2, 0.25) is 5.76 Å². The Balaban J connectivity index is 1.77. The zero-order valence-electron chi connectivity index (χ0n) is 14.2. The summed E-state index contributed by atoms with van der Waals surface area (Å²) < 4.78 is 13.1. The molecule has 0 saturated heterocycles. The molecule has 0 radical (unpaired) electrons. The predicted octanol–water partition coefficient (Wildman–Crippen LogP) is 4.78. The van der Waals surface area contributed by atoms with Gasteiger partial charge < -0.3 is 8.83 Å². The first-order valence-electron chi connectivity index (χ1n) is 8.29. The van der Waals surface area contributed by atoms with Gasteiger partial charge in [-0.05, 0) is 18.2 Å². The lowest BCUT2D eigenvalue weighted by molar-refractivity contribution is -0.579. The fraction of sp³-hybridized carbons (Fsp3) is 0. The third-order valence-electron chi connectivity index (χ3n) is 3.98. The summed E-state index contributed by atoms with van der Waals surface area (Å²) in [6.07, 6.45) is 5.46. The third kappa shape index (κ3) is 3.55. The number of nitro groups is 1. The highest BCUT2D eigenvalue weighted by atomic mass is 16.6. The van der Waals surface area contributed by atoms with Crippen LogP contribution in [0.3, 0.4) is 0 Å². The van der Waals surface area contributed by atoms with Crippen molar-refractivity contribution in [3.8, 4) is 11.3 Å². The van der Waals surface area contributed by atoms with Gasteiger partial charge in [0.05, 0.1) is 12.1 Å². The summed E-state index contributed by atoms with van der Waals surface area (Å²) in [5.74, 6) is 1.41. The van der Waals surface area contributed by atoms with E-state index < -0.39 is 4.92 Å². The van der Waals surface area contributed by atoms with Gasteiger partial charge in [-0.25, -0.2) is 0 Å². The van der Waals surface area contributed by atoms with Gasteiger partial charge in [0.25, 0.3) is 5.70 Å². The monoisotopic (exact) mass is 359 g/mol. The summed E-state index contributed by atoms with van der Waals surface area (Å²) in [4.78, 5) is 10.4. The van der Waals surface area contributed by atoms with Gasteiger partial charge in [-0.2, -0.15) is 4.57 Å². The van der Waals surface area contributed by atoms with Crippen LogP contribution in [0.2, 0.25) is 0 Å². The van der Waals surface area contributed by atoms with E-state index in [0.717, 1.165) is 11.3 Å². The van der Waals surface area contributed by atoms with E-state index in [2.05, 4.69) is 0 Å². The molecule has 0 N–H and O–H groups in total. The largest absolute Gasteiger partial charge is 0.456 e. The smallest absolute Gasteiger partial charge is 0.433 e. The molecule has 4 aromatic rings. The Labute approximate surface area is 154 Å². The normalized spacial score (nSPS) is 11.5. The standard InChI is InChI=1S/C21H15N2O4/c24-23(25)21-12-11-20(27-21)18(22-13-5-2-6-14-22)15-17-9-10-19(26-17)16-7-3-1-4-8-16/h1-15H/q+1. The van der Waals surface area contributed by atoms with Gasteiger partial charge in [-0.15, -0.1) is 0 Å². The van der Waals surface area contributed by atoms with Crippen molar-refractivity contribution in [3.63, 3.8) is 0 Å². The Bertz CT molecular complexity index is 1100. The number of hydrogen-bond acceptors (Lipinski definition) is 4. The van der Waals surface area contributed by atoms with E-state index in [1.165, 1.54) is 6.07 Å². The number of pyridine rings is 1. The Kier molecular flexibility index (Phi) is 4.37. The van der Waals surface area contributed by atoms with Crippen LogP contribution >= 0.6 is 0 Å². The first kappa shape index (κ1) is 16.5. The number of furan rings is 2. The van der Waals surface area contributed by atoms with E-state index in [4.69, 9.17) is 8.83 Å². The summed E-state index contributed by atoms with van der Waals surface area (Å²) in [6, 6.07) is 22.0. The summed E-state index contributed by atoms with van der Waals surface area (Å²) in [7, 11) is 0. The lowest BCUT2D eigenvalue weighted by Crippen LogP contribution is -2.31. The first-order chi connectivity index (χ1) is 13.2. The van der Waals surface area contributed by atoms with Crippen LogP contribution in [-0.2, 0) is 0 Å². The minimum Gasteiger partial charge on any atom is -0.456 e. The molecule has 0 fully saturated rings. The quantitative estimate of drug-likeness (QED) is 0.292. The van der Waals surface area contributed by atoms with Crippen LogP contribution in [0.25, 0.3) is 23.1 Å². The van der Waals surface area contributed by atoms with E-state index >= 15 is 0 Å². The molecule has 0 amide bonds. The van der Waals surface area contributed by atoms with Crippen molar-refractivity contribution in [3.05, 3.63) is 107 Å². The molecule has 3 aromatic heterocycles. The highest BCUT2D eigenvalue weighted by Crippen LogP contribution is 2.26. The van der Waals surface area contributed by atoms with Crippen molar-refractivity contribution in [1.29, 1.82) is 0 Å². The summed E-state index contributed by atoms with van der Waals surface area (Å²) in [5.41, 5.74) is 1.59. The van der Waals surface area contributed by atoms with Gasteiger partial charge in [0, 0.05) is 17.7 Å². The minimum absolute atomic E-state index is 0.308. The van der Waals surface area contributed by atoms with Crippen molar-refractivity contribution in [2.75, 3.05) is 0 Å². The van der Waals surface area contributed by atoms with Crippen LogP contribution in [0.15, 0.2) is 94.0 Å². The van der Waals surface area contributed by atoms with Crippen molar-refractivity contribution >= 4 is 17.7 Å². The van der Waals surface area contributed by atoms with Crippen molar-refractivity contribution < 1.29 is 18.3 Å². The van der Waals surface area contributed by atoms with Crippen molar-refractivity contribution in [2.24, 2.45) is 0 Å². The molecule has 0 spiro atoms. The molecule has 6 heteroatoms. The first-order valence-corrected chi connectivity index (χ1v) is 8.29. The molecule has 0 bridgehead atoms. The molecule has 3 heterocycles. The average molecular weight is 359 g/mol. The molecule has 1 aromatic carbocycles. The molecule has 0 unspecified atom stereocenters. The molecule has 6 nitrogen and oxygen atoms in total. The Morgan fingerprint density at radius 1 is 0.889 bits per heavy atom. The van der Waals surface area contributed by atoms with E-state index in [-0.39, 0.29) is 5.88 Å². The summed E-state index contributed by atoms with van der Waals surface area (Å²) in [6.45, 7) is 0. The second-order valence-corrected chi connectivity index (χ2v) is 5.78. The fourth-order valence-electron chi connectivity index (χ4n) is 2.72. The molecule has 0 saturated carbocycles. The molecule has 0 aliphatic carbocycles. The van der Waals surface area contributed by atoms with Crippen LogP contribution in [0.4, 0.5) is 5.88 Å². The zero-order chi connectivity index (χ0) is 18.6. The molecule has 27 heavy (non-hydrogen) atoms. The van der Waals surface area contributed by atoms with E-state index in [1.54, 1.807) is 12.1 Å². The predicted molar refractivity (Wildman–Crippen MR) is 99.4 cm³/mol. The van der Waals surface area contributed by atoms with Crippen molar-refractivity contribution in [2.45, 2.75) is 0 Å².